The third-order valence-electron chi connectivity index (χ3n) is 2.81. The third kappa shape index (κ3) is 2.61. The molecule has 0 amide bonds. The van der Waals surface area contributed by atoms with Gasteiger partial charge >= 0.3 is 6.16 Å². The van der Waals surface area contributed by atoms with Crippen LogP contribution in [0, 0.1) is 3.57 Å². The molecule has 3 aromatic rings. The third-order valence-corrected chi connectivity index (χ3v) is 3.40. The maximum atomic E-state index is 10.7. The van der Waals surface area contributed by atoms with Crippen LogP contribution in [0.4, 0.5) is 10.6 Å². The number of rotatable bonds is 2. The van der Waals surface area contributed by atoms with Gasteiger partial charge < -0.3 is 20.6 Å². The Morgan fingerprint density at radius 2 is 2.24 bits per heavy atom. The first kappa shape index (κ1) is 13.6. The van der Waals surface area contributed by atoms with E-state index in [2.05, 4.69) is 37.5 Å². The van der Waals surface area contributed by atoms with Crippen LogP contribution in [-0.2, 0) is 0 Å². The Bertz CT molecular complexity index is 847. The zero-order valence-corrected chi connectivity index (χ0v) is 12.7. The molecule has 7 nitrogen and oxygen atoms in total. The van der Waals surface area contributed by atoms with Crippen molar-refractivity contribution in [2.45, 2.75) is 0 Å². The predicted octanol–water partition coefficient (Wildman–Crippen LogP) is 2.87. The van der Waals surface area contributed by atoms with E-state index in [0.717, 1.165) is 3.57 Å². The monoisotopic (exact) mass is 396 g/mol. The molecule has 0 atom stereocenters. The first-order valence-corrected chi connectivity index (χ1v) is 6.93. The second kappa shape index (κ2) is 5.20. The minimum atomic E-state index is -1.39. The smallest absolute Gasteiger partial charge is 0.449 e. The number of nitrogens with zero attached hydrogens (tertiary/aromatic N) is 2. The molecule has 0 fully saturated rings. The molecular formula is C13H9IN4O3. The van der Waals surface area contributed by atoms with Crippen LogP contribution in [-0.4, -0.2) is 26.2 Å². The van der Waals surface area contributed by atoms with Crippen LogP contribution in [0.5, 0.6) is 5.75 Å². The maximum Gasteiger partial charge on any atom is 0.511 e. The lowest BCUT2D eigenvalue weighted by molar-refractivity contribution is 0.145. The SMILES string of the molecule is Nc1ncc(I)cc1-c1nc2c(OC(=O)O)cccc2[nH]1. The number of H-pyrrole nitrogens is 1. The molecule has 4 N–H and O–H groups in total. The highest BCUT2D eigenvalue weighted by Gasteiger charge is 2.14. The number of halogens is 1. The van der Waals surface area contributed by atoms with Gasteiger partial charge in [0.1, 0.15) is 17.2 Å². The van der Waals surface area contributed by atoms with Gasteiger partial charge in [0.15, 0.2) is 5.75 Å². The van der Waals surface area contributed by atoms with E-state index in [0.29, 0.717) is 28.2 Å². The molecule has 0 unspecified atom stereocenters. The summed E-state index contributed by atoms with van der Waals surface area (Å²) in [6, 6.07) is 6.84. The summed E-state index contributed by atoms with van der Waals surface area (Å²) < 4.78 is 5.63. The Hall–Kier alpha value is -2.36. The fourth-order valence-corrected chi connectivity index (χ4v) is 2.40. The summed E-state index contributed by atoms with van der Waals surface area (Å²) in [5.41, 5.74) is 7.59. The molecule has 1 aromatic carbocycles. The fourth-order valence-electron chi connectivity index (χ4n) is 1.95. The number of fused-ring (bicyclic) bond motifs is 1. The Kier molecular flexibility index (Phi) is 3.37. The van der Waals surface area contributed by atoms with Crippen molar-refractivity contribution in [1.82, 2.24) is 15.0 Å². The van der Waals surface area contributed by atoms with Gasteiger partial charge in [0.2, 0.25) is 0 Å². The number of aromatic amines is 1. The van der Waals surface area contributed by atoms with Crippen LogP contribution in [0.3, 0.4) is 0 Å². The molecule has 2 aromatic heterocycles. The van der Waals surface area contributed by atoms with Crippen molar-refractivity contribution in [2.24, 2.45) is 0 Å². The maximum absolute atomic E-state index is 10.7. The molecule has 106 valence electrons. The number of nitrogen functional groups attached to an aromatic ring is 1. The lowest BCUT2D eigenvalue weighted by Gasteiger charge is -2.01. The lowest BCUT2D eigenvalue weighted by atomic mass is 10.2. The molecule has 0 aliphatic carbocycles. The topological polar surface area (TPSA) is 114 Å². The van der Waals surface area contributed by atoms with Crippen LogP contribution >= 0.6 is 22.6 Å². The molecule has 2 heterocycles. The average Bonchev–Trinajstić information content (AvgIpc) is 2.86. The zero-order chi connectivity index (χ0) is 15.0. The molecule has 0 bridgehead atoms. The van der Waals surface area contributed by atoms with E-state index in [1.807, 2.05) is 6.07 Å². The number of carboxylic acid groups (broad SMARTS) is 1. The molecular weight excluding hydrogens is 387 g/mol. The molecule has 0 aliphatic heterocycles. The highest BCUT2D eigenvalue weighted by molar-refractivity contribution is 14.1. The van der Waals surface area contributed by atoms with E-state index in [4.69, 9.17) is 15.6 Å². The zero-order valence-electron chi connectivity index (χ0n) is 10.5. The van der Waals surface area contributed by atoms with Gasteiger partial charge in [-0.2, -0.15) is 0 Å². The van der Waals surface area contributed by atoms with Crippen molar-refractivity contribution in [1.29, 1.82) is 0 Å². The molecule has 0 radical (unpaired) electrons. The Balaban J connectivity index is 2.17. The summed E-state index contributed by atoms with van der Waals surface area (Å²) >= 11 is 2.13. The Morgan fingerprint density at radius 1 is 1.43 bits per heavy atom. The Morgan fingerprint density at radius 3 is 3.00 bits per heavy atom. The largest absolute Gasteiger partial charge is 0.511 e. The Labute approximate surface area is 132 Å². The highest BCUT2D eigenvalue weighted by Crippen LogP contribution is 2.29. The van der Waals surface area contributed by atoms with E-state index >= 15 is 0 Å². The summed E-state index contributed by atoms with van der Waals surface area (Å²) in [5.74, 6) is 1.02. The van der Waals surface area contributed by atoms with Gasteiger partial charge in [-0.15, -0.1) is 0 Å². The standard InChI is InChI=1S/C13H9IN4O3/c14-6-4-7(11(15)16-5-6)12-17-8-2-1-3-9(10(8)18-12)21-13(19)20/h1-5H,(H2,15,16)(H,17,18)(H,19,20). The van der Waals surface area contributed by atoms with Gasteiger partial charge in [-0.05, 0) is 40.8 Å². The van der Waals surface area contributed by atoms with Crippen LogP contribution in [0.15, 0.2) is 30.5 Å². The van der Waals surface area contributed by atoms with Crippen molar-refractivity contribution in [3.05, 3.63) is 34.0 Å². The van der Waals surface area contributed by atoms with Gasteiger partial charge in [0, 0.05) is 9.77 Å². The minimum Gasteiger partial charge on any atom is -0.449 e. The fraction of sp³-hybridized carbons (Fsp3) is 0. The summed E-state index contributed by atoms with van der Waals surface area (Å²) in [7, 11) is 0. The number of aromatic nitrogens is 3. The molecule has 8 heteroatoms. The van der Waals surface area contributed by atoms with E-state index in [9.17, 15) is 4.79 Å². The first-order chi connectivity index (χ1) is 10.0. The molecule has 0 aliphatic rings. The van der Waals surface area contributed by atoms with Crippen LogP contribution < -0.4 is 10.5 Å². The number of carbonyl (C=O) groups is 1. The molecule has 21 heavy (non-hydrogen) atoms. The van der Waals surface area contributed by atoms with Crippen molar-refractivity contribution in [3.63, 3.8) is 0 Å². The van der Waals surface area contributed by atoms with Gasteiger partial charge in [-0.3, -0.25) is 0 Å². The number of anilines is 1. The minimum absolute atomic E-state index is 0.166. The number of imidazole rings is 1. The van der Waals surface area contributed by atoms with Crippen molar-refractivity contribution in [3.8, 4) is 17.1 Å². The number of benzene rings is 1. The normalized spacial score (nSPS) is 10.7. The summed E-state index contributed by atoms with van der Waals surface area (Å²) in [6.07, 6.45) is 0.267. The van der Waals surface area contributed by atoms with Gasteiger partial charge in [0.05, 0.1) is 11.1 Å². The van der Waals surface area contributed by atoms with E-state index in [1.54, 1.807) is 18.3 Å². The number of pyridine rings is 1. The van der Waals surface area contributed by atoms with Crippen LogP contribution in [0.1, 0.15) is 0 Å². The summed E-state index contributed by atoms with van der Waals surface area (Å²) in [6.45, 7) is 0. The van der Waals surface area contributed by atoms with Gasteiger partial charge in [-0.1, -0.05) is 6.07 Å². The second-order valence-electron chi connectivity index (χ2n) is 4.19. The van der Waals surface area contributed by atoms with Crippen molar-refractivity contribution < 1.29 is 14.6 Å². The number of para-hydroxylation sites is 1. The van der Waals surface area contributed by atoms with Gasteiger partial charge in [0.25, 0.3) is 0 Å². The number of nitrogens with one attached hydrogen (secondary N) is 1. The number of ether oxygens (including phenoxy) is 1. The summed E-state index contributed by atoms with van der Waals surface area (Å²) in [4.78, 5) is 22.2. The molecule has 0 spiro atoms. The highest BCUT2D eigenvalue weighted by atomic mass is 127. The summed E-state index contributed by atoms with van der Waals surface area (Å²) in [5, 5.41) is 8.74. The predicted molar refractivity (Wildman–Crippen MR) is 85.1 cm³/mol. The molecule has 0 saturated carbocycles. The average molecular weight is 396 g/mol. The van der Waals surface area contributed by atoms with Crippen molar-refractivity contribution >= 4 is 45.6 Å². The number of hydrogen-bond acceptors (Lipinski definition) is 5. The first-order valence-electron chi connectivity index (χ1n) is 5.85. The lowest BCUT2D eigenvalue weighted by Crippen LogP contribution is -2.03. The van der Waals surface area contributed by atoms with Crippen LogP contribution in [0.2, 0.25) is 0 Å². The molecule has 0 saturated heterocycles. The van der Waals surface area contributed by atoms with E-state index in [-0.39, 0.29) is 5.75 Å². The quantitative estimate of drug-likeness (QED) is 0.349. The second-order valence-corrected chi connectivity index (χ2v) is 5.44. The molecule has 3 rings (SSSR count). The van der Waals surface area contributed by atoms with E-state index in [1.165, 1.54) is 6.07 Å². The van der Waals surface area contributed by atoms with Crippen molar-refractivity contribution in [2.75, 3.05) is 5.73 Å². The van der Waals surface area contributed by atoms with Crippen LogP contribution in [0.25, 0.3) is 22.4 Å². The van der Waals surface area contributed by atoms with Gasteiger partial charge in [-0.25, -0.2) is 14.8 Å². The van der Waals surface area contributed by atoms with E-state index < -0.39 is 6.16 Å². The number of nitrogens with two attached hydrogens (primary N) is 1. The number of hydrogen-bond donors (Lipinski definition) is 3.